The van der Waals surface area contributed by atoms with Crippen LogP contribution in [0.5, 0.6) is 0 Å². The number of rotatable bonds is 4. The molecule has 3 rings (SSSR count). The summed E-state index contributed by atoms with van der Waals surface area (Å²) in [6, 6.07) is 6.64. The molecular formula is C17H19ClN4O3S. The molecule has 1 atom stereocenters. The normalized spacial score (nSPS) is 18.5. The van der Waals surface area contributed by atoms with Crippen LogP contribution in [0.4, 0.5) is 11.5 Å². The molecule has 1 aliphatic rings. The Bertz CT molecular complexity index is 922. The van der Waals surface area contributed by atoms with Gasteiger partial charge in [0, 0.05) is 6.04 Å². The molecule has 138 valence electrons. The van der Waals surface area contributed by atoms with Gasteiger partial charge in [-0.05, 0) is 49.6 Å². The van der Waals surface area contributed by atoms with Crippen molar-refractivity contribution in [1.29, 1.82) is 0 Å². The number of amides is 1. The van der Waals surface area contributed by atoms with Crippen LogP contribution in [0.15, 0.2) is 24.3 Å². The Balaban J connectivity index is 1.68. The van der Waals surface area contributed by atoms with Crippen molar-refractivity contribution in [2.45, 2.75) is 26.3 Å². The van der Waals surface area contributed by atoms with Gasteiger partial charge in [-0.15, -0.1) is 10.2 Å². The summed E-state index contributed by atoms with van der Waals surface area (Å²) in [5.74, 6) is 0.0923. The van der Waals surface area contributed by atoms with Gasteiger partial charge in [0.15, 0.2) is 21.3 Å². The van der Waals surface area contributed by atoms with Crippen LogP contribution in [-0.4, -0.2) is 42.1 Å². The molecule has 1 aromatic carbocycles. The van der Waals surface area contributed by atoms with Crippen molar-refractivity contribution in [3.63, 3.8) is 0 Å². The van der Waals surface area contributed by atoms with Gasteiger partial charge in [-0.3, -0.25) is 4.79 Å². The molecule has 9 heteroatoms. The fourth-order valence-corrected chi connectivity index (χ4v) is 4.93. The van der Waals surface area contributed by atoms with E-state index in [1.807, 2.05) is 26.0 Å². The zero-order valence-corrected chi connectivity index (χ0v) is 16.0. The Morgan fingerprint density at radius 3 is 2.58 bits per heavy atom. The molecule has 2 aromatic rings. The first-order chi connectivity index (χ1) is 12.2. The first-order valence-electron chi connectivity index (χ1n) is 8.12. The molecule has 0 aliphatic carbocycles. The highest BCUT2D eigenvalue weighted by Crippen LogP contribution is 2.29. The molecule has 0 saturated carbocycles. The molecule has 1 amide bonds. The van der Waals surface area contributed by atoms with Crippen molar-refractivity contribution in [2.24, 2.45) is 0 Å². The molecule has 1 unspecified atom stereocenters. The Morgan fingerprint density at radius 1 is 1.23 bits per heavy atom. The SMILES string of the molecule is Cc1cc(C)c(Nc2ccc(C(=O)NC3CCS(=O)(=O)C3)nn2)c(Cl)c1. The number of hydrogen-bond donors (Lipinski definition) is 2. The highest BCUT2D eigenvalue weighted by molar-refractivity contribution is 7.91. The summed E-state index contributed by atoms with van der Waals surface area (Å²) in [7, 11) is -3.05. The first kappa shape index (κ1) is 18.6. The summed E-state index contributed by atoms with van der Waals surface area (Å²) in [4.78, 5) is 12.2. The summed E-state index contributed by atoms with van der Waals surface area (Å²) in [5.41, 5.74) is 2.90. The topological polar surface area (TPSA) is 101 Å². The van der Waals surface area contributed by atoms with Crippen LogP contribution in [0.1, 0.15) is 28.0 Å². The summed E-state index contributed by atoms with van der Waals surface area (Å²) in [6.07, 6.45) is 0.423. The number of sulfone groups is 1. The molecule has 0 bridgehead atoms. The van der Waals surface area contributed by atoms with E-state index < -0.39 is 15.7 Å². The van der Waals surface area contributed by atoms with Crippen LogP contribution in [0, 0.1) is 13.8 Å². The summed E-state index contributed by atoms with van der Waals surface area (Å²) >= 11 is 6.26. The van der Waals surface area contributed by atoms with Gasteiger partial charge in [-0.2, -0.15) is 0 Å². The van der Waals surface area contributed by atoms with E-state index in [0.717, 1.165) is 16.8 Å². The van der Waals surface area contributed by atoms with Gasteiger partial charge in [-0.25, -0.2) is 8.42 Å². The Morgan fingerprint density at radius 2 is 2.00 bits per heavy atom. The average molecular weight is 395 g/mol. The number of benzene rings is 1. The van der Waals surface area contributed by atoms with Gasteiger partial charge in [0.05, 0.1) is 22.2 Å². The van der Waals surface area contributed by atoms with Crippen molar-refractivity contribution < 1.29 is 13.2 Å². The van der Waals surface area contributed by atoms with Crippen LogP contribution < -0.4 is 10.6 Å². The number of carbonyl (C=O) groups is 1. The Hall–Kier alpha value is -2.19. The number of carbonyl (C=O) groups excluding carboxylic acids is 1. The van der Waals surface area contributed by atoms with Crippen LogP contribution in [-0.2, 0) is 9.84 Å². The molecule has 1 aliphatic heterocycles. The third-order valence-electron chi connectivity index (χ3n) is 4.15. The number of hydrogen-bond acceptors (Lipinski definition) is 6. The number of nitrogens with zero attached hydrogens (tertiary/aromatic N) is 2. The minimum atomic E-state index is -3.05. The Labute approximate surface area is 157 Å². The van der Waals surface area contributed by atoms with E-state index in [9.17, 15) is 13.2 Å². The fourth-order valence-electron chi connectivity index (χ4n) is 2.89. The largest absolute Gasteiger partial charge is 0.347 e. The molecule has 1 fully saturated rings. The van der Waals surface area contributed by atoms with Crippen LogP contribution in [0.25, 0.3) is 0 Å². The third-order valence-corrected chi connectivity index (χ3v) is 6.22. The first-order valence-corrected chi connectivity index (χ1v) is 10.3. The summed E-state index contributed by atoms with van der Waals surface area (Å²) < 4.78 is 22.9. The molecule has 0 radical (unpaired) electrons. The number of nitrogens with one attached hydrogen (secondary N) is 2. The molecular weight excluding hydrogens is 376 g/mol. The number of aromatic nitrogens is 2. The summed E-state index contributed by atoms with van der Waals surface area (Å²) in [6.45, 7) is 3.90. The van der Waals surface area contributed by atoms with Crippen molar-refractivity contribution >= 4 is 38.9 Å². The average Bonchev–Trinajstić information content (AvgIpc) is 2.90. The second-order valence-electron chi connectivity index (χ2n) is 6.44. The maximum atomic E-state index is 12.2. The Kier molecular flexibility index (Phi) is 5.15. The van der Waals surface area contributed by atoms with E-state index in [2.05, 4.69) is 20.8 Å². The monoisotopic (exact) mass is 394 g/mol. The van der Waals surface area contributed by atoms with Crippen LogP contribution in [0.2, 0.25) is 5.02 Å². The highest BCUT2D eigenvalue weighted by atomic mass is 35.5. The van der Waals surface area contributed by atoms with Crippen molar-refractivity contribution in [3.05, 3.63) is 46.1 Å². The molecule has 2 N–H and O–H groups in total. The van der Waals surface area contributed by atoms with Crippen LogP contribution in [0.3, 0.4) is 0 Å². The van der Waals surface area contributed by atoms with E-state index in [0.29, 0.717) is 17.3 Å². The van der Waals surface area contributed by atoms with Crippen molar-refractivity contribution in [3.8, 4) is 0 Å². The zero-order chi connectivity index (χ0) is 18.9. The quantitative estimate of drug-likeness (QED) is 0.825. The lowest BCUT2D eigenvalue weighted by Crippen LogP contribution is -2.36. The molecule has 1 aromatic heterocycles. The van der Waals surface area contributed by atoms with E-state index in [1.165, 1.54) is 6.07 Å². The third kappa shape index (κ3) is 4.31. The minimum absolute atomic E-state index is 0.0307. The van der Waals surface area contributed by atoms with Crippen LogP contribution >= 0.6 is 11.6 Å². The van der Waals surface area contributed by atoms with Crippen molar-refractivity contribution in [2.75, 3.05) is 16.8 Å². The second kappa shape index (κ2) is 7.20. The second-order valence-corrected chi connectivity index (χ2v) is 9.08. The van der Waals surface area contributed by atoms with E-state index in [-0.39, 0.29) is 23.2 Å². The minimum Gasteiger partial charge on any atom is -0.347 e. The lowest BCUT2D eigenvalue weighted by atomic mass is 10.1. The predicted octanol–water partition coefficient (Wildman–Crippen LogP) is 2.41. The molecule has 26 heavy (non-hydrogen) atoms. The molecule has 2 heterocycles. The lowest BCUT2D eigenvalue weighted by Gasteiger charge is -2.12. The summed E-state index contributed by atoms with van der Waals surface area (Å²) in [5, 5.41) is 14.3. The van der Waals surface area contributed by atoms with E-state index in [1.54, 1.807) is 6.07 Å². The van der Waals surface area contributed by atoms with E-state index >= 15 is 0 Å². The number of halogens is 1. The maximum Gasteiger partial charge on any atom is 0.272 e. The van der Waals surface area contributed by atoms with Gasteiger partial charge in [-0.1, -0.05) is 17.7 Å². The molecule has 7 nitrogen and oxygen atoms in total. The van der Waals surface area contributed by atoms with Gasteiger partial charge in [0.1, 0.15) is 0 Å². The van der Waals surface area contributed by atoms with Crippen molar-refractivity contribution in [1.82, 2.24) is 15.5 Å². The smallest absolute Gasteiger partial charge is 0.272 e. The number of aryl methyl sites for hydroxylation is 2. The lowest BCUT2D eigenvalue weighted by molar-refractivity contribution is 0.0935. The van der Waals surface area contributed by atoms with Gasteiger partial charge in [0.2, 0.25) is 0 Å². The zero-order valence-electron chi connectivity index (χ0n) is 14.4. The van der Waals surface area contributed by atoms with Gasteiger partial charge < -0.3 is 10.6 Å². The fraction of sp³-hybridized carbons (Fsp3) is 0.353. The number of anilines is 2. The highest BCUT2D eigenvalue weighted by Gasteiger charge is 2.29. The van der Waals surface area contributed by atoms with E-state index in [4.69, 9.17) is 11.6 Å². The maximum absolute atomic E-state index is 12.2. The van der Waals surface area contributed by atoms with Gasteiger partial charge >= 0.3 is 0 Å². The molecule has 0 spiro atoms. The standard InChI is InChI=1S/C17H19ClN4O3S/c1-10-7-11(2)16(13(18)8-10)20-15-4-3-14(21-22-15)17(23)19-12-5-6-26(24,25)9-12/h3-4,7-8,12H,5-6,9H2,1-2H3,(H,19,23)(H,20,22). The van der Waals surface area contributed by atoms with Gasteiger partial charge in [0.25, 0.3) is 5.91 Å². The molecule has 1 saturated heterocycles. The predicted molar refractivity (Wildman–Crippen MR) is 101 cm³/mol.